The lowest BCUT2D eigenvalue weighted by atomic mass is 10.2. The van der Waals surface area contributed by atoms with Crippen LogP contribution < -0.4 is 15.0 Å². The van der Waals surface area contributed by atoms with E-state index in [2.05, 4.69) is 25.6 Å². The van der Waals surface area contributed by atoms with Crippen molar-refractivity contribution in [3.05, 3.63) is 48.0 Å². The van der Waals surface area contributed by atoms with Gasteiger partial charge in [0.05, 0.1) is 19.0 Å². The molecule has 3 aromatic rings. The maximum atomic E-state index is 12.6. The Kier molecular flexibility index (Phi) is 4.78. The topological polar surface area (TPSA) is 98.1 Å². The average Bonchev–Trinajstić information content (AvgIpc) is 3.12. The number of nitrogens with one attached hydrogen (secondary N) is 1. The van der Waals surface area contributed by atoms with Gasteiger partial charge in [0.2, 0.25) is 5.88 Å². The molecule has 0 unspecified atom stereocenters. The molecule has 0 aliphatic carbocycles. The second kappa shape index (κ2) is 7.18. The van der Waals surface area contributed by atoms with Gasteiger partial charge in [0.15, 0.2) is 11.5 Å². The van der Waals surface area contributed by atoms with Crippen molar-refractivity contribution in [1.82, 2.24) is 25.0 Å². The van der Waals surface area contributed by atoms with E-state index < -0.39 is 5.91 Å². The summed E-state index contributed by atoms with van der Waals surface area (Å²) in [6.07, 6.45) is 2.93. The average molecular weight is 353 g/mol. The summed E-state index contributed by atoms with van der Waals surface area (Å²) in [5.74, 6) is 0.360. The number of ether oxygens (including phenoxy) is 1. The Hall–Kier alpha value is -3.49. The van der Waals surface area contributed by atoms with Crippen LogP contribution in [0.25, 0.3) is 5.69 Å². The lowest BCUT2D eigenvalue weighted by molar-refractivity contribution is 0.102. The van der Waals surface area contributed by atoms with Crippen LogP contribution in [0.3, 0.4) is 0 Å². The SMILES string of the molecule is COc1ncnc(N(C)C)c1NC(=O)c1cn(-c2ccc(C)cc2)nn1. The van der Waals surface area contributed by atoms with E-state index in [4.69, 9.17) is 4.74 Å². The van der Waals surface area contributed by atoms with Crippen molar-refractivity contribution in [2.24, 2.45) is 0 Å². The lowest BCUT2D eigenvalue weighted by Gasteiger charge is -2.17. The van der Waals surface area contributed by atoms with Gasteiger partial charge in [-0.1, -0.05) is 22.9 Å². The molecule has 2 heterocycles. The number of carbonyl (C=O) groups is 1. The van der Waals surface area contributed by atoms with Crippen LogP contribution in [0.4, 0.5) is 11.5 Å². The van der Waals surface area contributed by atoms with Crippen LogP contribution in [0.1, 0.15) is 16.1 Å². The highest BCUT2D eigenvalue weighted by Crippen LogP contribution is 2.30. The Labute approximate surface area is 150 Å². The van der Waals surface area contributed by atoms with Gasteiger partial charge >= 0.3 is 0 Å². The molecule has 2 aromatic heterocycles. The third-order valence-corrected chi connectivity index (χ3v) is 3.67. The van der Waals surface area contributed by atoms with E-state index in [0.717, 1.165) is 11.3 Å². The van der Waals surface area contributed by atoms with Crippen molar-refractivity contribution in [2.45, 2.75) is 6.92 Å². The number of anilines is 2. The second-order valence-electron chi connectivity index (χ2n) is 5.81. The Morgan fingerprint density at radius 3 is 2.58 bits per heavy atom. The molecule has 134 valence electrons. The molecular formula is C17H19N7O2. The van der Waals surface area contributed by atoms with Gasteiger partial charge in [0.1, 0.15) is 12.0 Å². The number of carbonyl (C=O) groups excluding carboxylic acids is 1. The van der Waals surface area contributed by atoms with Crippen molar-refractivity contribution in [2.75, 3.05) is 31.4 Å². The Balaban J connectivity index is 1.87. The van der Waals surface area contributed by atoms with E-state index >= 15 is 0 Å². The molecule has 0 saturated carbocycles. The van der Waals surface area contributed by atoms with E-state index in [1.165, 1.54) is 13.4 Å². The number of hydrogen-bond donors (Lipinski definition) is 1. The maximum Gasteiger partial charge on any atom is 0.278 e. The van der Waals surface area contributed by atoms with Crippen LogP contribution in [0.15, 0.2) is 36.8 Å². The predicted molar refractivity (Wildman–Crippen MR) is 97.0 cm³/mol. The number of aryl methyl sites for hydroxylation is 1. The summed E-state index contributed by atoms with van der Waals surface area (Å²) < 4.78 is 6.77. The van der Waals surface area contributed by atoms with Crippen LogP contribution in [0.5, 0.6) is 5.88 Å². The van der Waals surface area contributed by atoms with E-state index in [9.17, 15) is 4.79 Å². The number of nitrogens with zero attached hydrogens (tertiary/aromatic N) is 6. The molecule has 0 aliphatic rings. The Bertz CT molecular complexity index is 919. The number of hydrogen-bond acceptors (Lipinski definition) is 7. The van der Waals surface area contributed by atoms with Crippen LogP contribution in [0, 0.1) is 6.92 Å². The molecule has 0 spiro atoms. The second-order valence-corrected chi connectivity index (χ2v) is 5.81. The normalized spacial score (nSPS) is 10.5. The zero-order chi connectivity index (χ0) is 18.7. The molecule has 1 amide bonds. The largest absolute Gasteiger partial charge is 0.479 e. The summed E-state index contributed by atoms with van der Waals surface area (Å²) in [6, 6.07) is 7.74. The Morgan fingerprint density at radius 2 is 1.92 bits per heavy atom. The first-order valence-electron chi connectivity index (χ1n) is 7.86. The van der Waals surface area contributed by atoms with Crippen molar-refractivity contribution >= 4 is 17.4 Å². The molecule has 9 nitrogen and oxygen atoms in total. The number of rotatable bonds is 5. The van der Waals surface area contributed by atoms with E-state index in [0.29, 0.717) is 11.5 Å². The fourth-order valence-electron chi connectivity index (χ4n) is 2.33. The highest BCUT2D eigenvalue weighted by atomic mass is 16.5. The number of aromatic nitrogens is 5. The highest BCUT2D eigenvalue weighted by molar-refractivity contribution is 6.05. The minimum atomic E-state index is -0.431. The van der Waals surface area contributed by atoms with Gasteiger partial charge in [-0.25, -0.2) is 9.67 Å². The van der Waals surface area contributed by atoms with Gasteiger partial charge in [-0.05, 0) is 19.1 Å². The summed E-state index contributed by atoms with van der Waals surface area (Å²) in [5, 5.41) is 10.7. The van der Waals surface area contributed by atoms with Gasteiger partial charge in [-0.3, -0.25) is 4.79 Å². The van der Waals surface area contributed by atoms with Gasteiger partial charge in [-0.15, -0.1) is 5.10 Å². The molecule has 0 aliphatic heterocycles. The first kappa shape index (κ1) is 17.3. The third-order valence-electron chi connectivity index (χ3n) is 3.67. The molecule has 1 N–H and O–H groups in total. The first-order chi connectivity index (χ1) is 12.5. The molecule has 0 fully saturated rings. The fraction of sp³-hybridized carbons (Fsp3) is 0.235. The van der Waals surface area contributed by atoms with Crippen molar-refractivity contribution in [1.29, 1.82) is 0 Å². The van der Waals surface area contributed by atoms with Crippen LogP contribution in [0.2, 0.25) is 0 Å². The number of benzene rings is 1. The lowest BCUT2D eigenvalue weighted by Crippen LogP contribution is -2.19. The molecule has 0 atom stereocenters. The van der Waals surface area contributed by atoms with E-state index in [1.54, 1.807) is 15.8 Å². The number of methoxy groups -OCH3 is 1. The zero-order valence-corrected chi connectivity index (χ0v) is 15.0. The molecule has 9 heteroatoms. The van der Waals surface area contributed by atoms with E-state index in [-0.39, 0.29) is 11.6 Å². The predicted octanol–water partition coefficient (Wildman–Crippen LogP) is 1.69. The highest BCUT2D eigenvalue weighted by Gasteiger charge is 2.19. The standard InChI is InChI=1S/C17H19N7O2/c1-11-5-7-12(8-6-11)24-9-13(21-22-24)16(25)20-14-15(23(2)3)18-10-19-17(14)26-4/h5-10H,1-4H3,(H,20,25). The smallest absolute Gasteiger partial charge is 0.278 e. The minimum absolute atomic E-state index is 0.168. The fourth-order valence-corrected chi connectivity index (χ4v) is 2.33. The summed E-state index contributed by atoms with van der Waals surface area (Å²) in [5.41, 5.74) is 2.49. The summed E-state index contributed by atoms with van der Waals surface area (Å²) >= 11 is 0. The summed E-state index contributed by atoms with van der Waals surface area (Å²) in [7, 11) is 5.10. The zero-order valence-electron chi connectivity index (χ0n) is 15.0. The van der Waals surface area contributed by atoms with Crippen LogP contribution in [-0.4, -0.2) is 52.1 Å². The summed E-state index contributed by atoms with van der Waals surface area (Å²) in [4.78, 5) is 22.6. The molecule has 0 saturated heterocycles. The molecule has 1 aromatic carbocycles. The van der Waals surface area contributed by atoms with E-state index in [1.807, 2.05) is 45.3 Å². The first-order valence-corrected chi connectivity index (χ1v) is 7.86. The van der Waals surface area contributed by atoms with Gasteiger partial charge in [0, 0.05) is 14.1 Å². The van der Waals surface area contributed by atoms with Crippen LogP contribution >= 0.6 is 0 Å². The van der Waals surface area contributed by atoms with Gasteiger partial charge in [-0.2, -0.15) is 4.98 Å². The maximum absolute atomic E-state index is 12.6. The van der Waals surface area contributed by atoms with Crippen molar-refractivity contribution in [3.8, 4) is 11.6 Å². The van der Waals surface area contributed by atoms with Crippen molar-refractivity contribution in [3.63, 3.8) is 0 Å². The number of amides is 1. The van der Waals surface area contributed by atoms with Crippen molar-refractivity contribution < 1.29 is 9.53 Å². The Morgan fingerprint density at radius 1 is 1.19 bits per heavy atom. The quantitative estimate of drug-likeness (QED) is 0.745. The third kappa shape index (κ3) is 3.46. The monoisotopic (exact) mass is 353 g/mol. The molecule has 26 heavy (non-hydrogen) atoms. The molecule has 0 bridgehead atoms. The molecule has 3 rings (SSSR count). The van der Waals surface area contributed by atoms with Gasteiger partial charge in [0.25, 0.3) is 5.91 Å². The van der Waals surface area contributed by atoms with Crippen LogP contribution in [-0.2, 0) is 0 Å². The molecular weight excluding hydrogens is 334 g/mol. The molecule has 0 radical (unpaired) electrons. The summed E-state index contributed by atoms with van der Waals surface area (Å²) in [6.45, 7) is 2.00. The van der Waals surface area contributed by atoms with Gasteiger partial charge < -0.3 is 15.0 Å². The minimum Gasteiger partial charge on any atom is -0.479 e.